The largest absolute Gasteiger partial charge is 0.0622 e. The van der Waals surface area contributed by atoms with Crippen LogP contribution in [0.15, 0.2) is 121 Å². The van der Waals surface area contributed by atoms with Gasteiger partial charge in [0.05, 0.1) is 0 Å². The third-order valence-corrected chi connectivity index (χ3v) is 14.4. The second-order valence-electron chi connectivity index (χ2n) is 11.8. The Morgan fingerprint density at radius 1 is 0.357 bits per heavy atom. The predicted octanol–water partition coefficient (Wildman–Crippen LogP) is 8.36. The van der Waals surface area contributed by atoms with Crippen molar-refractivity contribution in [3.05, 3.63) is 184 Å². The van der Waals surface area contributed by atoms with Crippen molar-refractivity contribution in [1.29, 1.82) is 0 Å². The Kier molecular flexibility index (Phi) is 9.06. The Hall–Kier alpha value is -2.26. The second-order valence-corrected chi connectivity index (χ2v) is 17.5. The van der Waals surface area contributed by atoms with Crippen molar-refractivity contribution in [3.63, 3.8) is 0 Å². The highest BCUT2D eigenvalue weighted by Gasteiger charge is 2.54. The lowest BCUT2D eigenvalue weighted by Gasteiger charge is -2.47. The van der Waals surface area contributed by atoms with Gasteiger partial charge in [-0.15, -0.1) is 0 Å². The summed E-state index contributed by atoms with van der Waals surface area (Å²) < 4.78 is 0. The topological polar surface area (TPSA) is 0 Å². The molecule has 0 saturated heterocycles. The van der Waals surface area contributed by atoms with E-state index in [1.165, 1.54) is 44.9 Å². The summed E-state index contributed by atoms with van der Waals surface area (Å²) in [5.74, 6) is 5.58. The Bertz CT molecular complexity index is 1210. The van der Waals surface area contributed by atoms with Gasteiger partial charge in [0.2, 0.25) is 0 Å². The van der Waals surface area contributed by atoms with Crippen LogP contribution in [0, 0.1) is 62.2 Å². The number of hydrogen-bond donors (Lipinski definition) is 0. The van der Waals surface area contributed by atoms with Gasteiger partial charge in [-0.1, -0.05) is 149 Å². The summed E-state index contributed by atoms with van der Waals surface area (Å²) in [6, 6.07) is 44.5. The normalized spacial score (nSPS) is 18.0. The highest BCUT2D eigenvalue weighted by Crippen LogP contribution is 2.65. The maximum Gasteiger partial charge on any atom is 0.0000172 e. The molecule has 0 N–H and O–H groups in total. The zero-order valence-electron chi connectivity index (χ0n) is 24.9. The fourth-order valence-corrected chi connectivity index (χ4v) is 12.4. The molecule has 6 rings (SSSR count). The Labute approximate surface area is 257 Å². The van der Waals surface area contributed by atoms with Crippen LogP contribution in [-0.4, -0.2) is 10.3 Å². The van der Waals surface area contributed by atoms with Crippen LogP contribution < -0.4 is 21.2 Å². The lowest BCUT2D eigenvalue weighted by molar-refractivity contribution is 0.686. The molecular formula is C40H38P2. The molecule has 208 valence electrons. The lowest BCUT2D eigenvalue weighted by atomic mass is 9.71. The van der Waals surface area contributed by atoms with Gasteiger partial charge in [-0.3, -0.25) is 0 Å². The fraction of sp³-hybridized carbons (Fsp3) is 0.150. The van der Waals surface area contributed by atoms with E-state index in [4.69, 9.17) is 0 Å². The first-order valence-corrected chi connectivity index (χ1v) is 17.4. The molecule has 2 aliphatic rings. The van der Waals surface area contributed by atoms with Crippen LogP contribution in [0.5, 0.6) is 0 Å². The average Bonchev–Trinajstić information content (AvgIpc) is 3.71. The van der Waals surface area contributed by atoms with Crippen molar-refractivity contribution in [3.8, 4) is 0 Å². The molecule has 0 aromatic heterocycles. The molecule has 0 unspecified atom stereocenters. The first-order chi connectivity index (χ1) is 20.4. The molecular weight excluding hydrogens is 542 g/mol. The molecule has 0 nitrogen and oxygen atoms in total. The van der Waals surface area contributed by atoms with E-state index in [0.29, 0.717) is 0 Å². The minimum Gasteiger partial charge on any atom is -0.0622 e. The molecule has 10 radical (unpaired) electrons. The van der Waals surface area contributed by atoms with E-state index < -0.39 is 15.8 Å². The van der Waals surface area contributed by atoms with E-state index in [9.17, 15) is 0 Å². The average molecular weight is 581 g/mol. The lowest BCUT2D eigenvalue weighted by Crippen LogP contribution is -2.41. The van der Waals surface area contributed by atoms with E-state index in [0.717, 1.165) is 0 Å². The molecule has 42 heavy (non-hydrogen) atoms. The van der Waals surface area contributed by atoms with Crippen molar-refractivity contribution < 1.29 is 0 Å². The van der Waals surface area contributed by atoms with E-state index in [-0.39, 0.29) is 10.3 Å². The first kappa shape index (κ1) is 29.8. The minimum absolute atomic E-state index is 0.0842. The van der Waals surface area contributed by atoms with Crippen molar-refractivity contribution in [2.75, 3.05) is 0 Å². The van der Waals surface area contributed by atoms with Crippen LogP contribution >= 0.6 is 15.8 Å². The van der Waals surface area contributed by atoms with Gasteiger partial charge in [0.1, 0.15) is 0 Å². The van der Waals surface area contributed by atoms with Crippen LogP contribution in [0.3, 0.4) is 0 Å². The summed E-state index contributed by atoms with van der Waals surface area (Å²) in [7, 11) is -1.31. The molecule has 2 saturated carbocycles. The molecule has 0 atom stereocenters. The van der Waals surface area contributed by atoms with Crippen LogP contribution in [0.1, 0.15) is 27.7 Å². The number of benzene rings is 4. The Morgan fingerprint density at radius 3 is 0.881 bits per heavy atom. The van der Waals surface area contributed by atoms with E-state index in [2.05, 4.69) is 188 Å². The van der Waals surface area contributed by atoms with Crippen LogP contribution in [0.25, 0.3) is 0 Å². The van der Waals surface area contributed by atoms with Crippen LogP contribution in [0.2, 0.25) is 0 Å². The summed E-state index contributed by atoms with van der Waals surface area (Å²) in [5.41, 5.74) is 0. The van der Waals surface area contributed by atoms with Crippen molar-refractivity contribution in [2.24, 2.45) is 0 Å². The molecule has 2 aliphatic carbocycles. The number of rotatable bonds is 9. The molecule has 2 heteroatoms. The number of hydrogen-bond acceptors (Lipinski definition) is 0. The molecule has 4 aromatic rings. The van der Waals surface area contributed by atoms with Crippen LogP contribution in [0.4, 0.5) is 0 Å². The highest BCUT2D eigenvalue weighted by atomic mass is 31.1. The smallest absolute Gasteiger partial charge is 0.0000172 e. The van der Waals surface area contributed by atoms with Gasteiger partial charge in [0.15, 0.2) is 0 Å². The van der Waals surface area contributed by atoms with Gasteiger partial charge in [-0.2, -0.15) is 0 Å². The summed E-state index contributed by atoms with van der Waals surface area (Å²) >= 11 is 0. The van der Waals surface area contributed by atoms with Gasteiger partial charge < -0.3 is 0 Å². The molecule has 0 aliphatic heterocycles. The zero-order chi connectivity index (χ0) is 29.2. The van der Waals surface area contributed by atoms with Gasteiger partial charge >= 0.3 is 0 Å². The predicted molar refractivity (Wildman–Crippen MR) is 185 cm³/mol. The standard InChI is InChI=1S/C40H38P2/c1-39(2,41(31-19-9-5-10-20-31)32-21-11-6-12-22-32)37-29-17-27-35(37)36-28-18-30-38(36)40(3,4)42(33-23-13-7-14-24-33)34-25-15-8-16-26-34/h5-30H,1-4H3. The van der Waals surface area contributed by atoms with Gasteiger partial charge in [0.25, 0.3) is 0 Å². The maximum atomic E-state index is 2.45. The van der Waals surface area contributed by atoms with E-state index in [1.807, 2.05) is 0 Å². The first-order valence-electron chi connectivity index (χ1n) is 14.7. The van der Waals surface area contributed by atoms with E-state index >= 15 is 0 Å². The Balaban J connectivity index is 1.36. The van der Waals surface area contributed by atoms with Crippen molar-refractivity contribution >= 4 is 37.1 Å². The van der Waals surface area contributed by atoms with Gasteiger partial charge in [-0.25, -0.2) is 0 Å². The molecule has 2 fully saturated rings. The summed E-state index contributed by atoms with van der Waals surface area (Å²) in [6.07, 6.45) is 14.0. The summed E-state index contributed by atoms with van der Waals surface area (Å²) in [6.45, 7) is 9.80. The molecule has 0 bridgehead atoms. The van der Waals surface area contributed by atoms with E-state index in [1.54, 1.807) is 0 Å². The van der Waals surface area contributed by atoms with Crippen molar-refractivity contribution in [2.45, 2.75) is 38.0 Å². The highest BCUT2D eigenvalue weighted by molar-refractivity contribution is 7.75. The molecule has 0 spiro atoms. The second kappa shape index (κ2) is 12.8. The summed E-state index contributed by atoms with van der Waals surface area (Å²) in [4.78, 5) is 0. The monoisotopic (exact) mass is 580 g/mol. The SMILES string of the molecule is CC(C)([C]1[CH][CH][CH][C]1[C]1[CH][CH][CH][C]1C(C)(C)P(c1ccccc1)c1ccccc1)P(c1ccccc1)c1ccccc1. The third kappa shape index (κ3) is 5.80. The molecule has 0 amide bonds. The summed E-state index contributed by atoms with van der Waals surface area (Å²) in [5, 5.41) is 5.48. The quantitative estimate of drug-likeness (QED) is 0.175. The zero-order valence-corrected chi connectivity index (χ0v) is 26.7. The Morgan fingerprint density at radius 2 is 0.619 bits per heavy atom. The fourth-order valence-electron chi connectivity index (χ4n) is 6.52. The third-order valence-electron chi connectivity index (χ3n) is 8.42. The van der Waals surface area contributed by atoms with Gasteiger partial charge in [0, 0.05) is 10.3 Å². The minimum atomic E-state index is -0.655. The maximum absolute atomic E-state index is 2.45. The van der Waals surface area contributed by atoms with Crippen molar-refractivity contribution in [1.82, 2.24) is 0 Å². The van der Waals surface area contributed by atoms with Crippen LogP contribution in [-0.2, 0) is 0 Å². The van der Waals surface area contributed by atoms with Gasteiger partial charge in [-0.05, 0) is 99.3 Å². The molecule has 0 heterocycles. The molecule has 4 aromatic carbocycles.